The van der Waals surface area contributed by atoms with Crippen LogP contribution in [0.25, 0.3) is 0 Å². The number of benzene rings is 1. The Kier molecular flexibility index (Phi) is 8.06. The van der Waals surface area contributed by atoms with Gasteiger partial charge >= 0.3 is 5.97 Å². The Bertz CT molecular complexity index is 1210. The summed E-state index contributed by atoms with van der Waals surface area (Å²) < 4.78 is 6.09. The van der Waals surface area contributed by atoms with E-state index in [4.69, 9.17) is 4.74 Å². The Labute approximate surface area is 246 Å². The number of ether oxygens (including phenoxy) is 1. The summed E-state index contributed by atoms with van der Waals surface area (Å²) in [5.41, 5.74) is 1.72. The minimum Gasteiger partial charge on any atom is -0.462 e. The van der Waals surface area contributed by atoms with Gasteiger partial charge in [-0.2, -0.15) is 0 Å². The number of fused-ring (bicyclic) bond motifs is 4. The van der Waals surface area contributed by atoms with Gasteiger partial charge in [-0.15, -0.1) is 0 Å². The maximum absolute atomic E-state index is 13.1. The molecule has 1 amide bonds. The smallest absolute Gasteiger partial charge is 0.302 e. The van der Waals surface area contributed by atoms with E-state index in [0.29, 0.717) is 17.4 Å². The zero-order valence-electron chi connectivity index (χ0n) is 26.0. The van der Waals surface area contributed by atoms with Crippen LogP contribution in [0, 0.1) is 39.9 Å². The first-order chi connectivity index (χ1) is 19.4. The predicted octanol–water partition coefficient (Wildman–Crippen LogP) is 5.63. The van der Waals surface area contributed by atoms with Crippen LogP contribution in [0.1, 0.15) is 77.1 Å². The molecule has 6 nitrogen and oxygen atoms in total. The van der Waals surface area contributed by atoms with E-state index in [2.05, 4.69) is 70.2 Å². The summed E-state index contributed by atoms with van der Waals surface area (Å²) in [6, 6.07) is 9.37. The summed E-state index contributed by atoms with van der Waals surface area (Å²) in [6.07, 6.45) is 11.8. The fourth-order valence-electron chi connectivity index (χ4n) is 9.54. The number of esters is 1. The molecule has 5 rings (SSSR count). The van der Waals surface area contributed by atoms with E-state index >= 15 is 0 Å². The van der Waals surface area contributed by atoms with Gasteiger partial charge in [-0.1, -0.05) is 62.8 Å². The molecule has 0 aliphatic heterocycles. The maximum Gasteiger partial charge on any atom is 0.302 e. The van der Waals surface area contributed by atoms with E-state index in [0.717, 1.165) is 32.1 Å². The molecule has 0 heterocycles. The average molecular weight is 563 g/mol. The molecule has 1 aromatic carbocycles. The van der Waals surface area contributed by atoms with Crippen molar-refractivity contribution in [2.45, 2.75) is 84.9 Å². The minimum atomic E-state index is -0.458. The number of aliphatic hydroxyl groups is 1. The number of hydrogen-bond acceptors (Lipinski definition) is 5. The number of amides is 1. The predicted molar refractivity (Wildman–Crippen MR) is 162 cm³/mol. The molecule has 2 fully saturated rings. The second kappa shape index (κ2) is 11.0. The Morgan fingerprint density at radius 1 is 1.10 bits per heavy atom. The molecule has 0 radical (unpaired) electrons. The minimum absolute atomic E-state index is 0.000111. The molecule has 4 aliphatic rings. The second-order valence-electron chi connectivity index (χ2n) is 14.4. The molecule has 0 spiro atoms. The number of carbonyl (C=O) groups excluding carboxylic acids is 2. The second-order valence-corrected chi connectivity index (χ2v) is 14.4. The standard InChI is InChI=1S/C35H50N2O4/c1-22(37(6)7)31-29(41-23(2)39)20-35(5)28-15-14-27-25(19-26(28)17-18-34(31,35)4)13-16-30(33(27,3)21-38)36-32(40)24-11-9-8-10-12-24/h8-13,16-17,22,25,27-31,38H,14-15,18-21H2,1-7H3,(H,36,40)/t22-,25-,27-,28+,29-,30-,31-,33-,34+,35-/m0/s1. The first-order valence-electron chi connectivity index (χ1n) is 15.5. The maximum atomic E-state index is 13.1. The van der Waals surface area contributed by atoms with Crippen molar-refractivity contribution in [3.63, 3.8) is 0 Å². The Balaban J connectivity index is 1.44. The highest BCUT2D eigenvalue weighted by atomic mass is 16.5. The molecule has 0 bridgehead atoms. The van der Waals surface area contributed by atoms with Gasteiger partial charge in [0.2, 0.25) is 0 Å². The highest BCUT2D eigenvalue weighted by molar-refractivity contribution is 5.94. The van der Waals surface area contributed by atoms with Crippen molar-refractivity contribution in [1.82, 2.24) is 10.2 Å². The molecule has 1 aromatic rings. The van der Waals surface area contributed by atoms with E-state index < -0.39 is 5.41 Å². The molecule has 224 valence electrons. The van der Waals surface area contributed by atoms with Crippen molar-refractivity contribution >= 4 is 11.9 Å². The molecule has 4 aliphatic carbocycles. The summed E-state index contributed by atoms with van der Waals surface area (Å²) in [7, 11) is 4.26. The zero-order valence-corrected chi connectivity index (χ0v) is 26.0. The summed E-state index contributed by atoms with van der Waals surface area (Å²) in [6.45, 7) is 10.9. The average Bonchev–Trinajstić information content (AvgIpc) is 3.04. The van der Waals surface area contributed by atoms with Crippen LogP contribution >= 0.6 is 0 Å². The molecular weight excluding hydrogens is 512 g/mol. The van der Waals surface area contributed by atoms with Crippen LogP contribution in [0.4, 0.5) is 0 Å². The number of hydrogen-bond donors (Lipinski definition) is 2. The van der Waals surface area contributed by atoms with Crippen molar-refractivity contribution in [3.8, 4) is 0 Å². The van der Waals surface area contributed by atoms with Gasteiger partial charge < -0.3 is 20.1 Å². The number of nitrogens with zero attached hydrogens (tertiary/aromatic N) is 1. The van der Waals surface area contributed by atoms with Gasteiger partial charge in [0.1, 0.15) is 6.10 Å². The van der Waals surface area contributed by atoms with Crippen LogP contribution in [0.15, 0.2) is 54.1 Å². The van der Waals surface area contributed by atoms with Crippen molar-refractivity contribution in [2.75, 3.05) is 20.7 Å². The quantitative estimate of drug-likeness (QED) is 0.347. The van der Waals surface area contributed by atoms with Crippen LogP contribution < -0.4 is 5.32 Å². The van der Waals surface area contributed by atoms with E-state index in [9.17, 15) is 14.7 Å². The third-order valence-corrected chi connectivity index (χ3v) is 12.2. The van der Waals surface area contributed by atoms with Gasteiger partial charge in [-0.25, -0.2) is 0 Å². The lowest BCUT2D eigenvalue weighted by atomic mass is 9.51. The van der Waals surface area contributed by atoms with Crippen molar-refractivity contribution in [2.24, 2.45) is 39.9 Å². The van der Waals surface area contributed by atoms with E-state index in [-0.39, 0.29) is 59.3 Å². The fraction of sp³-hybridized carbons (Fsp3) is 0.657. The number of allylic oxidation sites excluding steroid dienone is 3. The number of aliphatic hydroxyl groups excluding tert-OH is 1. The van der Waals surface area contributed by atoms with E-state index in [1.165, 1.54) is 5.57 Å². The Hall–Kier alpha value is -2.44. The normalized spacial score (nSPS) is 40.5. The van der Waals surface area contributed by atoms with Gasteiger partial charge in [0, 0.05) is 29.9 Å². The van der Waals surface area contributed by atoms with Crippen LogP contribution in [-0.2, 0) is 9.53 Å². The molecule has 6 heteroatoms. The zero-order chi connectivity index (χ0) is 29.7. The van der Waals surface area contributed by atoms with Crippen molar-refractivity contribution in [3.05, 3.63) is 59.7 Å². The lowest BCUT2D eigenvalue weighted by Gasteiger charge is -2.53. The molecule has 2 N–H and O–H groups in total. The third kappa shape index (κ3) is 4.89. The van der Waals surface area contributed by atoms with Gasteiger partial charge in [-0.3, -0.25) is 9.59 Å². The molecular formula is C35H50N2O4. The topological polar surface area (TPSA) is 78.9 Å². The molecule has 0 unspecified atom stereocenters. The van der Waals surface area contributed by atoms with Gasteiger partial charge in [-0.05, 0) is 93.8 Å². The lowest BCUT2D eigenvalue weighted by Crippen LogP contribution is -2.54. The molecule has 2 saturated carbocycles. The SMILES string of the molecule is CC(=O)O[C@H]1C[C@@]2(C)[C@@H]3CC[C@H]4[C@@H](C=C[C@H](NC(=O)c5ccccc5)[C@@]4(C)CO)CC3=CC[C@]2(C)[C@H]1[C@H](C)N(C)C. The van der Waals surface area contributed by atoms with Crippen molar-refractivity contribution in [1.29, 1.82) is 0 Å². The van der Waals surface area contributed by atoms with E-state index in [1.807, 2.05) is 30.3 Å². The summed E-state index contributed by atoms with van der Waals surface area (Å²) in [5.74, 6) is 0.929. The highest BCUT2D eigenvalue weighted by Gasteiger charge is 2.65. The fourth-order valence-corrected chi connectivity index (χ4v) is 9.54. The summed E-state index contributed by atoms with van der Waals surface area (Å²) in [4.78, 5) is 27.6. The Morgan fingerprint density at radius 2 is 1.80 bits per heavy atom. The molecule has 0 saturated heterocycles. The first kappa shape index (κ1) is 30.0. The van der Waals surface area contributed by atoms with Crippen LogP contribution in [0.2, 0.25) is 0 Å². The van der Waals surface area contributed by atoms with Crippen molar-refractivity contribution < 1.29 is 19.4 Å². The lowest BCUT2D eigenvalue weighted by molar-refractivity contribution is -0.150. The van der Waals surface area contributed by atoms with Gasteiger partial charge in [0.15, 0.2) is 0 Å². The molecule has 0 aromatic heterocycles. The number of nitrogens with one attached hydrogen (secondary N) is 1. The number of rotatable bonds is 6. The van der Waals surface area contributed by atoms with Crippen LogP contribution in [0.5, 0.6) is 0 Å². The van der Waals surface area contributed by atoms with Gasteiger partial charge in [0.05, 0.1) is 12.6 Å². The van der Waals surface area contributed by atoms with Crippen LogP contribution in [-0.4, -0.2) is 60.8 Å². The third-order valence-electron chi connectivity index (χ3n) is 12.2. The van der Waals surface area contributed by atoms with E-state index in [1.54, 1.807) is 6.92 Å². The van der Waals surface area contributed by atoms with Crippen LogP contribution in [0.3, 0.4) is 0 Å². The largest absolute Gasteiger partial charge is 0.462 e. The summed E-state index contributed by atoms with van der Waals surface area (Å²) >= 11 is 0. The molecule has 41 heavy (non-hydrogen) atoms. The Morgan fingerprint density at radius 3 is 2.44 bits per heavy atom. The summed E-state index contributed by atoms with van der Waals surface area (Å²) in [5, 5.41) is 14.1. The number of carbonyl (C=O) groups is 2. The highest BCUT2D eigenvalue weighted by Crippen LogP contribution is 2.69. The first-order valence-corrected chi connectivity index (χ1v) is 15.5. The van der Waals surface area contributed by atoms with Gasteiger partial charge in [0.25, 0.3) is 5.91 Å². The molecule has 10 atom stereocenters. The monoisotopic (exact) mass is 562 g/mol.